The summed E-state index contributed by atoms with van der Waals surface area (Å²) >= 11 is 0. The van der Waals surface area contributed by atoms with Crippen molar-refractivity contribution in [2.45, 2.75) is 38.8 Å². The van der Waals surface area contributed by atoms with Crippen LogP contribution >= 0.6 is 0 Å². The van der Waals surface area contributed by atoms with Gasteiger partial charge in [0.1, 0.15) is 6.04 Å². The first-order valence-corrected chi connectivity index (χ1v) is 5.22. The van der Waals surface area contributed by atoms with Crippen molar-refractivity contribution in [1.82, 2.24) is 10.6 Å². The second-order valence-electron chi connectivity index (χ2n) is 4.36. The van der Waals surface area contributed by atoms with Crippen molar-refractivity contribution in [3.63, 3.8) is 0 Å². The largest absolute Gasteiger partial charge is 0.480 e. The lowest BCUT2D eigenvalue weighted by Gasteiger charge is -2.18. The van der Waals surface area contributed by atoms with Crippen molar-refractivity contribution >= 4 is 17.8 Å². The Morgan fingerprint density at radius 3 is 2.56 bits per heavy atom. The fraction of sp³-hybridized carbons (Fsp3) is 0.700. The Balaban J connectivity index is 2.58. The van der Waals surface area contributed by atoms with E-state index in [4.69, 9.17) is 5.11 Å². The van der Waals surface area contributed by atoms with Crippen molar-refractivity contribution < 1.29 is 19.5 Å². The molecule has 3 N–H and O–H groups in total. The molecule has 0 aromatic rings. The minimum Gasteiger partial charge on any atom is -0.480 e. The van der Waals surface area contributed by atoms with E-state index in [-0.39, 0.29) is 18.2 Å². The van der Waals surface area contributed by atoms with Crippen LogP contribution in [-0.4, -0.2) is 35.0 Å². The topological polar surface area (TPSA) is 95.5 Å². The number of nitrogens with one attached hydrogen (secondary N) is 2. The van der Waals surface area contributed by atoms with Crippen LogP contribution in [0.1, 0.15) is 26.7 Å². The first-order chi connectivity index (χ1) is 7.40. The molecule has 6 nitrogen and oxygen atoms in total. The van der Waals surface area contributed by atoms with Gasteiger partial charge in [0.2, 0.25) is 11.8 Å². The van der Waals surface area contributed by atoms with Gasteiger partial charge in [-0.05, 0) is 12.3 Å². The maximum absolute atomic E-state index is 11.2. The summed E-state index contributed by atoms with van der Waals surface area (Å²) in [5, 5.41) is 13.8. The minimum atomic E-state index is -0.999. The Kier molecular flexibility index (Phi) is 4.00. The molecule has 90 valence electrons. The zero-order valence-corrected chi connectivity index (χ0v) is 9.32. The van der Waals surface area contributed by atoms with E-state index in [0.717, 1.165) is 0 Å². The number of aliphatic carboxylic acids is 1. The van der Waals surface area contributed by atoms with E-state index < -0.39 is 24.0 Å². The molecule has 1 aliphatic rings. The number of hydrogen-bond donors (Lipinski definition) is 3. The molecule has 1 saturated heterocycles. The van der Waals surface area contributed by atoms with Crippen molar-refractivity contribution in [2.75, 3.05) is 0 Å². The molecule has 2 unspecified atom stereocenters. The lowest BCUT2D eigenvalue weighted by molar-refractivity contribution is -0.140. The molecule has 0 bridgehead atoms. The van der Waals surface area contributed by atoms with Crippen molar-refractivity contribution in [1.29, 1.82) is 0 Å². The second-order valence-corrected chi connectivity index (χ2v) is 4.36. The molecule has 1 heterocycles. The lowest BCUT2D eigenvalue weighted by atomic mass is 10.0. The SMILES string of the molecule is CC(C)CC(NC1CC(=O)NC1=O)C(=O)O. The zero-order chi connectivity index (χ0) is 12.3. The van der Waals surface area contributed by atoms with Crippen LogP contribution < -0.4 is 10.6 Å². The predicted molar refractivity (Wildman–Crippen MR) is 55.6 cm³/mol. The summed E-state index contributed by atoms with van der Waals surface area (Å²) in [6, 6.07) is -1.51. The molecule has 1 rings (SSSR count). The Bertz CT molecular complexity index is 314. The standard InChI is InChI=1S/C10H16N2O4/c1-5(2)3-7(10(15)16)11-6-4-8(13)12-9(6)14/h5-7,11H,3-4H2,1-2H3,(H,15,16)(H,12,13,14). The van der Waals surface area contributed by atoms with Gasteiger partial charge < -0.3 is 5.11 Å². The fourth-order valence-electron chi connectivity index (χ4n) is 1.64. The summed E-state index contributed by atoms with van der Waals surface area (Å²) in [7, 11) is 0. The highest BCUT2D eigenvalue weighted by atomic mass is 16.4. The molecule has 2 amide bonds. The highest BCUT2D eigenvalue weighted by molar-refractivity contribution is 6.05. The van der Waals surface area contributed by atoms with Gasteiger partial charge in [-0.15, -0.1) is 0 Å². The maximum Gasteiger partial charge on any atom is 0.320 e. The van der Waals surface area contributed by atoms with E-state index in [1.807, 2.05) is 13.8 Å². The summed E-state index contributed by atoms with van der Waals surface area (Å²) < 4.78 is 0. The first-order valence-electron chi connectivity index (χ1n) is 5.22. The quantitative estimate of drug-likeness (QED) is 0.551. The van der Waals surface area contributed by atoms with E-state index in [9.17, 15) is 14.4 Å². The van der Waals surface area contributed by atoms with Gasteiger partial charge in [0.05, 0.1) is 12.5 Å². The van der Waals surface area contributed by atoms with Crippen LogP contribution in [0.4, 0.5) is 0 Å². The molecule has 0 aliphatic carbocycles. The molecular formula is C10H16N2O4. The molecule has 2 atom stereocenters. The van der Waals surface area contributed by atoms with Crippen LogP contribution in [0.15, 0.2) is 0 Å². The van der Waals surface area contributed by atoms with E-state index >= 15 is 0 Å². The van der Waals surface area contributed by atoms with Crippen LogP contribution in [0.5, 0.6) is 0 Å². The van der Waals surface area contributed by atoms with E-state index in [1.54, 1.807) is 0 Å². The van der Waals surface area contributed by atoms with Gasteiger partial charge in [-0.1, -0.05) is 13.8 Å². The van der Waals surface area contributed by atoms with Gasteiger partial charge in [0, 0.05) is 0 Å². The molecule has 0 radical (unpaired) electrons. The summed E-state index contributed by atoms with van der Waals surface area (Å²) in [6.45, 7) is 3.80. The molecule has 0 aromatic heterocycles. The Morgan fingerprint density at radius 1 is 1.56 bits per heavy atom. The highest BCUT2D eigenvalue weighted by Gasteiger charge is 2.33. The van der Waals surface area contributed by atoms with Crippen LogP contribution in [-0.2, 0) is 14.4 Å². The third-order valence-corrected chi connectivity index (χ3v) is 2.38. The lowest BCUT2D eigenvalue weighted by Crippen LogP contribution is -2.47. The van der Waals surface area contributed by atoms with Crippen molar-refractivity contribution in [2.24, 2.45) is 5.92 Å². The van der Waals surface area contributed by atoms with Crippen molar-refractivity contribution in [3.8, 4) is 0 Å². The molecule has 16 heavy (non-hydrogen) atoms. The molecule has 0 aromatic carbocycles. The third-order valence-electron chi connectivity index (χ3n) is 2.38. The smallest absolute Gasteiger partial charge is 0.320 e. The highest BCUT2D eigenvalue weighted by Crippen LogP contribution is 2.09. The maximum atomic E-state index is 11.2. The normalized spacial score (nSPS) is 22.3. The van der Waals surface area contributed by atoms with Crippen LogP contribution in [0, 0.1) is 5.92 Å². The third kappa shape index (κ3) is 3.30. The van der Waals surface area contributed by atoms with Gasteiger partial charge in [-0.2, -0.15) is 0 Å². The predicted octanol–water partition coefficient (Wildman–Crippen LogP) is -0.510. The van der Waals surface area contributed by atoms with E-state index in [0.29, 0.717) is 6.42 Å². The molecule has 1 fully saturated rings. The van der Waals surface area contributed by atoms with Crippen molar-refractivity contribution in [3.05, 3.63) is 0 Å². The number of hydrogen-bond acceptors (Lipinski definition) is 4. The number of carbonyl (C=O) groups is 3. The second kappa shape index (κ2) is 5.07. The van der Waals surface area contributed by atoms with Crippen LogP contribution in [0.25, 0.3) is 0 Å². The van der Waals surface area contributed by atoms with Gasteiger partial charge in [0.15, 0.2) is 0 Å². The Hall–Kier alpha value is -1.43. The monoisotopic (exact) mass is 228 g/mol. The van der Waals surface area contributed by atoms with E-state index in [2.05, 4.69) is 10.6 Å². The van der Waals surface area contributed by atoms with E-state index in [1.165, 1.54) is 0 Å². The fourth-order valence-corrected chi connectivity index (χ4v) is 1.64. The van der Waals surface area contributed by atoms with Gasteiger partial charge in [0.25, 0.3) is 0 Å². The van der Waals surface area contributed by atoms with Gasteiger partial charge in [-0.25, -0.2) is 0 Å². The zero-order valence-electron chi connectivity index (χ0n) is 9.32. The molecule has 0 saturated carbocycles. The summed E-state index contributed by atoms with van der Waals surface area (Å²) in [6.07, 6.45) is 0.439. The average molecular weight is 228 g/mol. The summed E-state index contributed by atoms with van der Waals surface area (Å²) in [5.41, 5.74) is 0. The molecule has 1 aliphatic heterocycles. The van der Waals surface area contributed by atoms with Crippen LogP contribution in [0.3, 0.4) is 0 Å². The Labute approximate surface area is 93.4 Å². The average Bonchev–Trinajstić information content (AvgIpc) is 2.43. The number of imide groups is 1. The Morgan fingerprint density at radius 2 is 2.19 bits per heavy atom. The molecule has 0 spiro atoms. The van der Waals surface area contributed by atoms with Gasteiger partial charge >= 0.3 is 5.97 Å². The molecular weight excluding hydrogens is 212 g/mol. The molecule has 6 heteroatoms. The minimum absolute atomic E-state index is 0.0146. The van der Waals surface area contributed by atoms with Crippen LogP contribution in [0.2, 0.25) is 0 Å². The number of amides is 2. The summed E-state index contributed by atoms with van der Waals surface area (Å²) in [5.74, 6) is -1.61. The van der Waals surface area contributed by atoms with Gasteiger partial charge in [-0.3, -0.25) is 25.0 Å². The summed E-state index contributed by atoms with van der Waals surface area (Å²) in [4.78, 5) is 33.1. The number of carboxylic acid groups (broad SMARTS) is 1. The first kappa shape index (κ1) is 12.6. The number of rotatable bonds is 5. The number of carboxylic acids is 1. The number of carbonyl (C=O) groups excluding carboxylic acids is 2.